The number of nitrogens with one attached hydrogen (secondary N) is 2. The number of aliphatic carboxylic acids is 1. The highest BCUT2D eigenvalue weighted by molar-refractivity contribution is 8.00. The second kappa shape index (κ2) is 9.10. The summed E-state index contributed by atoms with van der Waals surface area (Å²) in [6, 6.07) is 2.88. The number of carbonyl (C=O) groups is 4. The number of hydrazone groups is 1. The molecule has 0 aliphatic carbocycles. The van der Waals surface area contributed by atoms with E-state index in [1.807, 2.05) is 17.5 Å². The van der Waals surface area contributed by atoms with E-state index in [0.29, 0.717) is 0 Å². The quantitative estimate of drug-likeness (QED) is 0.328. The van der Waals surface area contributed by atoms with Gasteiger partial charge in [-0.15, -0.1) is 23.1 Å². The number of carboxylic acids is 1. The van der Waals surface area contributed by atoms with Gasteiger partial charge in [0.25, 0.3) is 5.91 Å². The summed E-state index contributed by atoms with van der Waals surface area (Å²) in [5.41, 5.74) is 1.52. The van der Waals surface area contributed by atoms with Crippen LogP contribution in [0.25, 0.3) is 0 Å². The van der Waals surface area contributed by atoms with E-state index in [9.17, 15) is 24.3 Å². The summed E-state index contributed by atoms with van der Waals surface area (Å²) in [5, 5.41) is 17.4. The van der Waals surface area contributed by atoms with Gasteiger partial charge in [0.1, 0.15) is 22.7 Å². The van der Waals surface area contributed by atoms with Crippen molar-refractivity contribution in [3.8, 4) is 0 Å². The van der Waals surface area contributed by atoms with Crippen molar-refractivity contribution in [3.05, 3.63) is 33.7 Å². The first-order chi connectivity index (χ1) is 14.6. The Balaban J connectivity index is 1.66. The molecule has 3 N–H and O–H groups in total. The molecule has 31 heavy (non-hydrogen) atoms. The lowest BCUT2D eigenvalue weighted by atomic mass is 10.0. The average Bonchev–Trinajstić information content (AvgIpc) is 3.16. The number of rotatable bonds is 6. The van der Waals surface area contributed by atoms with Gasteiger partial charge in [0.05, 0.1) is 12.6 Å². The number of amides is 3. The van der Waals surface area contributed by atoms with Crippen molar-refractivity contribution in [1.82, 2.24) is 15.6 Å². The molecule has 0 saturated carbocycles. The maximum atomic E-state index is 12.6. The van der Waals surface area contributed by atoms with Crippen LogP contribution in [0, 0.1) is 0 Å². The zero-order valence-corrected chi connectivity index (χ0v) is 18.7. The van der Waals surface area contributed by atoms with Gasteiger partial charge >= 0.3 is 12.1 Å². The van der Waals surface area contributed by atoms with E-state index < -0.39 is 35.0 Å². The second-order valence-electron chi connectivity index (χ2n) is 7.76. The number of thioether (sulfide) groups is 1. The van der Waals surface area contributed by atoms with Gasteiger partial charge in [-0.05, 0) is 32.2 Å². The molecule has 0 radical (unpaired) electrons. The molecule has 1 saturated heterocycles. The van der Waals surface area contributed by atoms with E-state index in [0.717, 1.165) is 9.78 Å². The Bertz CT molecular complexity index is 951. The van der Waals surface area contributed by atoms with Crippen LogP contribution < -0.4 is 10.7 Å². The number of ether oxygens (including phenoxy) is 1. The Morgan fingerprint density at radius 2 is 2.13 bits per heavy atom. The lowest BCUT2D eigenvalue weighted by Gasteiger charge is -2.49. The van der Waals surface area contributed by atoms with Gasteiger partial charge in [-0.2, -0.15) is 5.10 Å². The largest absolute Gasteiger partial charge is 0.477 e. The third-order valence-corrected chi connectivity index (χ3v) is 6.39. The Morgan fingerprint density at radius 1 is 1.39 bits per heavy atom. The minimum atomic E-state index is -1.29. The zero-order valence-electron chi connectivity index (χ0n) is 17.1. The molecule has 2 aliphatic heterocycles. The fraction of sp³-hybridized carbons (Fsp3) is 0.421. The molecule has 0 bridgehead atoms. The van der Waals surface area contributed by atoms with E-state index in [-0.39, 0.29) is 29.4 Å². The summed E-state index contributed by atoms with van der Waals surface area (Å²) in [4.78, 5) is 50.3. The third-order valence-electron chi connectivity index (χ3n) is 4.21. The minimum absolute atomic E-state index is 0.161. The minimum Gasteiger partial charge on any atom is -0.477 e. The van der Waals surface area contributed by atoms with Crippen LogP contribution in [0.5, 0.6) is 0 Å². The SMILES string of the molecule is CC(C)(C)OC(=O)NN=CC1=C(C(=O)O)N2C(=O)C(NC(=O)Cc3cccs3)[C@H]2SC1. The normalized spacial score (nSPS) is 20.9. The van der Waals surface area contributed by atoms with Gasteiger partial charge in [0.2, 0.25) is 5.91 Å². The standard InChI is InChI=1S/C19H22N4O6S2/c1-19(2,3)29-18(28)22-20-8-10-9-31-16-13(15(25)23(16)14(10)17(26)27)21-12(24)7-11-5-4-6-30-11/h4-6,8,13,16H,7,9H2,1-3H3,(H,21,24)(H,22,28)(H,26,27)/t13?,16-/m1/s1. The highest BCUT2D eigenvalue weighted by Crippen LogP contribution is 2.39. The molecule has 1 unspecified atom stereocenters. The highest BCUT2D eigenvalue weighted by Gasteiger charge is 2.54. The summed E-state index contributed by atoms with van der Waals surface area (Å²) < 4.78 is 5.05. The summed E-state index contributed by atoms with van der Waals surface area (Å²) in [7, 11) is 0. The van der Waals surface area contributed by atoms with Crippen LogP contribution in [0.1, 0.15) is 25.6 Å². The molecule has 12 heteroatoms. The number of hydrogen-bond donors (Lipinski definition) is 3. The number of carbonyl (C=O) groups excluding carboxylic acids is 3. The Hall–Kier alpha value is -2.86. The number of carboxylic acid groups (broad SMARTS) is 1. The molecule has 0 spiro atoms. The van der Waals surface area contributed by atoms with E-state index in [2.05, 4.69) is 15.8 Å². The predicted octanol–water partition coefficient (Wildman–Crippen LogP) is 1.54. The van der Waals surface area contributed by atoms with Crippen molar-refractivity contribution in [2.24, 2.45) is 5.10 Å². The zero-order chi connectivity index (χ0) is 22.8. The van der Waals surface area contributed by atoms with Crippen molar-refractivity contribution >= 4 is 53.2 Å². The Labute approximate surface area is 186 Å². The van der Waals surface area contributed by atoms with Crippen LogP contribution in [0.15, 0.2) is 33.9 Å². The predicted molar refractivity (Wildman–Crippen MR) is 116 cm³/mol. The Morgan fingerprint density at radius 3 is 2.74 bits per heavy atom. The lowest BCUT2D eigenvalue weighted by Crippen LogP contribution is -2.70. The molecular weight excluding hydrogens is 444 g/mol. The van der Waals surface area contributed by atoms with E-state index in [1.54, 1.807) is 20.8 Å². The smallest absolute Gasteiger partial charge is 0.428 e. The first-order valence-electron chi connectivity index (χ1n) is 9.32. The van der Waals surface area contributed by atoms with Crippen LogP contribution in [0.4, 0.5) is 4.79 Å². The van der Waals surface area contributed by atoms with Gasteiger partial charge < -0.3 is 15.2 Å². The number of β-lactam (4-membered cyclic amide) rings is 1. The fourth-order valence-corrected chi connectivity index (χ4v) is 5.00. The van der Waals surface area contributed by atoms with Crippen LogP contribution in [-0.4, -0.2) is 62.9 Å². The molecule has 10 nitrogen and oxygen atoms in total. The van der Waals surface area contributed by atoms with Crippen molar-refractivity contribution in [1.29, 1.82) is 0 Å². The monoisotopic (exact) mass is 466 g/mol. The van der Waals surface area contributed by atoms with Crippen molar-refractivity contribution < 1.29 is 29.0 Å². The number of fused-ring (bicyclic) bond motifs is 1. The molecule has 2 aliphatic rings. The molecule has 3 amide bonds. The molecule has 3 heterocycles. The van der Waals surface area contributed by atoms with E-state index >= 15 is 0 Å². The van der Waals surface area contributed by atoms with Gasteiger partial charge in [-0.25, -0.2) is 15.0 Å². The summed E-state index contributed by atoms with van der Waals surface area (Å²) >= 11 is 2.75. The third kappa shape index (κ3) is 5.44. The second-order valence-corrected chi connectivity index (χ2v) is 9.90. The van der Waals surface area contributed by atoms with Gasteiger partial charge in [-0.1, -0.05) is 6.07 Å². The van der Waals surface area contributed by atoms with Crippen LogP contribution in [-0.2, 0) is 25.5 Å². The molecule has 1 aromatic heterocycles. The van der Waals surface area contributed by atoms with Crippen molar-refractivity contribution in [2.45, 2.75) is 44.2 Å². The summed E-state index contributed by atoms with van der Waals surface area (Å²) in [6.07, 6.45) is 0.567. The fourth-order valence-electron chi connectivity index (χ4n) is 3.00. The first kappa shape index (κ1) is 22.8. The number of hydrogen-bond acceptors (Lipinski definition) is 8. The molecule has 2 atom stereocenters. The molecule has 3 rings (SSSR count). The molecule has 1 fully saturated rings. The molecular formula is C19H22N4O6S2. The van der Waals surface area contributed by atoms with Crippen molar-refractivity contribution in [3.63, 3.8) is 0 Å². The first-order valence-corrected chi connectivity index (χ1v) is 11.2. The van der Waals surface area contributed by atoms with Gasteiger partial charge in [-0.3, -0.25) is 14.5 Å². The lowest BCUT2D eigenvalue weighted by molar-refractivity contribution is -0.150. The van der Waals surface area contributed by atoms with Crippen molar-refractivity contribution in [2.75, 3.05) is 5.75 Å². The maximum absolute atomic E-state index is 12.6. The Kier molecular flexibility index (Phi) is 6.70. The number of nitrogens with zero attached hydrogens (tertiary/aromatic N) is 2. The van der Waals surface area contributed by atoms with Gasteiger partial charge in [0, 0.05) is 16.2 Å². The van der Waals surface area contributed by atoms with Crippen LogP contribution in [0.2, 0.25) is 0 Å². The summed E-state index contributed by atoms with van der Waals surface area (Å²) in [5.74, 6) is -1.84. The number of thiophene rings is 1. The maximum Gasteiger partial charge on any atom is 0.428 e. The highest BCUT2D eigenvalue weighted by atomic mass is 32.2. The molecule has 1 aromatic rings. The van der Waals surface area contributed by atoms with E-state index in [4.69, 9.17) is 4.74 Å². The molecule has 166 valence electrons. The van der Waals surface area contributed by atoms with Gasteiger partial charge in [0.15, 0.2) is 0 Å². The topological polar surface area (TPSA) is 137 Å². The summed E-state index contributed by atoms with van der Waals surface area (Å²) in [6.45, 7) is 5.10. The average molecular weight is 467 g/mol. The van der Waals surface area contributed by atoms with Crippen LogP contribution >= 0.6 is 23.1 Å². The molecule has 0 aromatic carbocycles. The van der Waals surface area contributed by atoms with E-state index in [1.165, 1.54) is 29.3 Å². The van der Waals surface area contributed by atoms with Crippen LogP contribution in [0.3, 0.4) is 0 Å².